The Morgan fingerprint density at radius 3 is 2.54 bits per heavy atom. The van der Waals surface area contributed by atoms with Crippen molar-refractivity contribution < 1.29 is 0 Å². The lowest BCUT2D eigenvalue weighted by Gasteiger charge is -2.31. The van der Waals surface area contributed by atoms with Crippen molar-refractivity contribution in [1.82, 2.24) is 14.9 Å². The zero-order chi connectivity index (χ0) is 19.7. The SMILES string of the molecule is Cc1ccc([C@H]2NC(=NCc3ccc(Cl)cc3)Nc3nc(C)cc(=O)n32)cc1. The lowest BCUT2D eigenvalue weighted by atomic mass is 10.1. The Bertz CT molecular complexity index is 1090. The van der Waals surface area contributed by atoms with Crippen molar-refractivity contribution in [2.24, 2.45) is 4.99 Å². The van der Waals surface area contributed by atoms with Crippen LogP contribution in [0.3, 0.4) is 0 Å². The molecule has 0 aliphatic carbocycles. The quantitative estimate of drug-likeness (QED) is 0.712. The molecule has 6 nitrogen and oxygen atoms in total. The first-order valence-corrected chi connectivity index (χ1v) is 9.36. The number of aryl methyl sites for hydroxylation is 2. The van der Waals surface area contributed by atoms with Crippen LogP contribution in [-0.4, -0.2) is 15.5 Å². The van der Waals surface area contributed by atoms with Crippen LogP contribution in [0.5, 0.6) is 0 Å². The van der Waals surface area contributed by atoms with Crippen molar-refractivity contribution in [1.29, 1.82) is 0 Å². The van der Waals surface area contributed by atoms with Crippen LogP contribution in [0.15, 0.2) is 64.4 Å². The molecule has 3 aromatic rings. The first-order chi connectivity index (χ1) is 13.5. The van der Waals surface area contributed by atoms with Gasteiger partial charge in [-0.05, 0) is 37.1 Å². The Morgan fingerprint density at radius 1 is 1.11 bits per heavy atom. The fraction of sp³-hybridized carbons (Fsp3) is 0.190. The number of fused-ring (bicyclic) bond motifs is 1. The standard InChI is InChI=1S/C21H20ClN5O/c1-13-3-7-16(8-4-13)19-25-20(23-12-15-5-9-17(22)10-6-15)26-21-24-14(2)11-18(28)27(19)21/h3-11,19H,12H2,1-2H3,(H2,23,24,25,26)/t19-/m0/s1. The number of aromatic nitrogens is 2. The third kappa shape index (κ3) is 3.77. The van der Waals surface area contributed by atoms with Gasteiger partial charge >= 0.3 is 0 Å². The van der Waals surface area contributed by atoms with Crippen molar-refractivity contribution in [3.05, 3.63) is 92.4 Å². The van der Waals surface area contributed by atoms with E-state index in [0.717, 1.165) is 16.7 Å². The summed E-state index contributed by atoms with van der Waals surface area (Å²) < 4.78 is 1.61. The number of benzene rings is 2. The third-order valence-electron chi connectivity index (χ3n) is 4.57. The molecule has 2 aromatic carbocycles. The van der Waals surface area contributed by atoms with Crippen molar-refractivity contribution in [3.63, 3.8) is 0 Å². The zero-order valence-corrected chi connectivity index (χ0v) is 16.4. The average Bonchev–Trinajstić information content (AvgIpc) is 2.67. The molecule has 2 N–H and O–H groups in total. The molecule has 4 rings (SSSR count). The minimum Gasteiger partial charge on any atom is -0.331 e. The molecule has 7 heteroatoms. The summed E-state index contributed by atoms with van der Waals surface area (Å²) >= 11 is 5.94. The number of anilines is 1. The molecule has 0 amide bonds. The van der Waals surface area contributed by atoms with Gasteiger partial charge in [-0.15, -0.1) is 0 Å². The smallest absolute Gasteiger partial charge is 0.257 e. The third-order valence-corrected chi connectivity index (χ3v) is 4.82. The maximum absolute atomic E-state index is 12.6. The molecule has 28 heavy (non-hydrogen) atoms. The van der Waals surface area contributed by atoms with Gasteiger partial charge in [0.05, 0.1) is 6.54 Å². The van der Waals surface area contributed by atoms with Crippen LogP contribution in [0, 0.1) is 13.8 Å². The molecule has 142 valence electrons. The Hall–Kier alpha value is -3.12. The van der Waals surface area contributed by atoms with E-state index in [1.807, 2.05) is 55.5 Å². The highest BCUT2D eigenvalue weighted by Crippen LogP contribution is 2.22. The van der Waals surface area contributed by atoms with Gasteiger partial charge in [-0.2, -0.15) is 0 Å². The van der Waals surface area contributed by atoms with Crippen molar-refractivity contribution >= 4 is 23.5 Å². The minimum atomic E-state index is -0.388. The summed E-state index contributed by atoms with van der Waals surface area (Å²) in [6.07, 6.45) is -0.388. The van der Waals surface area contributed by atoms with E-state index in [9.17, 15) is 4.79 Å². The number of hydrogen-bond acceptors (Lipinski definition) is 3. The summed E-state index contributed by atoms with van der Waals surface area (Å²) in [5.41, 5.74) is 3.69. The van der Waals surface area contributed by atoms with Crippen LogP contribution in [0.4, 0.5) is 5.95 Å². The number of guanidine groups is 1. The second-order valence-corrected chi connectivity index (χ2v) is 7.24. The van der Waals surface area contributed by atoms with Crippen LogP contribution in [0.1, 0.15) is 28.6 Å². The van der Waals surface area contributed by atoms with Gasteiger partial charge in [-0.25, -0.2) is 9.98 Å². The fourth-order valence-electron chi connectivity index (χ4n) is 3.11. The van der Waals surface area contributed by atoms with E-state index in [-0.39, 0.29) is 11.7 Å². The number of aliphatic imine (C=N–C) groups is 1. The Labute approximate surface area is 167 Å². The van der Waals surface area contributed by atoms with Gasteiger partial charge in [0.25, 0.3) is 5.56 Å². The topological polar surface area (TPSA) is 71.3 Å². The van der Waals surface area contributed by atoms with E-state index >= 15 is 0 Å². The Morgan fingerprint density at radius 2 is 1.82 bits per heavy atom. The number of hydrogen-bond donors (Lipinski definition) is 2. The predicted molar refractivity (Wildman–Crippen MR) is 112 cm³/mol. The summed E-state index contributed by atoms with van der Waals surface area (Å²) in [6, 6.07) is 17.1. The molecule has 0 spiro atoms. The lowest BCUT2D eigenvalue weighted by Crippen LogP contribution is -2.48. The van der Waals surface area contributed by atoms with Gasteiger partial charge in [0, 0.05) is 16.8 Å². The zero-order valence-electron chi connectivity index (χ0n) is 15.6. The highest BCUT2D eigenvalue weighted by molar-refractivity contribution is 6.30. The maximum Gasteiger partial charge on any atom is 0.257 e. The lowest BCUT2D eigenvalue weighted by molar-refractivity contribution is 0.514. The second kappa shape index (κ2) is 7.48. The van der Waals surface area contributed by atoms with Crippen LogP contribution < -0.4 is 16.2 Å². The molecule has 1 atom stereocenters. The van der Waals surface area contributed by atoms with Gasteiger partial charge in [-0.3, -0.25) is 14.7 Å². The van der Waals surface area contributed by atoms with E-state index in [2.05, 4.69) is 20.6 Å². The van der Waals surface area contributed by atoms with E-state index in [4.69, 9.17) is 11.6 Å². The van der Waals surface area contributed by atoms with Crippen LogP contribution in [0.25, 0.3) is 0 Å². The molecule has 1 aliphatic heterocycles. The van der Waals surface area contributed by atoms with Crippen molar-refractivity contribution in [2.45, 2.75) is 26.6 Å². The first kappa shape index (κ1) is 18.3. The van der Waals surface area contributed by atoms with Gasteiger partial charge in [0.2, 0.25) is 5.95 Å². The van der Waals surface area contributed by atoms with Crippen LogP contribution >= 0.6 is 11.6 Å². The maximum atomic E-state index is 12.6. The van der Waals surface area contributed by atoms with E-state index in [1.54, 1.807) is 11.5 Å². The Balaban J connectivity index is 1.71. The largest absolute Gasteiger partial charge is 0.331 e. The molecule has 0 saturated carbocycles. The molecule has 1 aliphatic rings. The summed E-state index contributed by atoms with van der Waals surface area (Å²) in [4.78, 5) is 21.8. The molecule has 1 aromatic heterocycles. The van der Waals surface area contributed by atoms with Crippen LogP contribution in [-0.2, 0) is 6.54 Å². The number of halogens is 1. The molecule has 0 fully saturated rings. The van der Waals surface area contributed by atoms with E-state index in [1.165, 1.54) is 6.07 Å². The number of nitrogens with one attached hydrogen (secondary N) is 2. The summed E-state index contributed by atoms with van der Waals surface area (Å²) in [7, 11) is 0. The molecule has 0 unspecified atom stereocenters. The highest BCUT2D eigenvalue weighted by atomic mass is 35.5. The highest BCUT2D eigenvalue weighted by Gasteiger charge is 2.26. The predicted octanol–water partition coefficient (Wildman–Crippen LogP) is 3.63. The fourth-order valence-corrected chi connectivity index (χ4v) is 3.23. The molecule has 0 saturated heterocycles. The first-order valence-electron chi connectivity index (χ1n) is 8.99. The summed E-state index contributed by atoms with van der Waals surface area (Å²) in [6.45, 7) is 4.31. The number of nitrogens with zero attached hydrogens (tertiary/aromatic N) is 3. The minimum absolute atomic E-state index is 0.121. The molecule has 2 heterocycles. The second-order valence-electron chi connectivity index (χ2n) is 6.80. The number of rotatable bonds is 3. The summed E-state index contributed by atoms with van der Waals surface area (Å²) in [5, 5.41) is 7.15. The van der Waals surface area contributed by atoms with Gasteiger partial charge in [0.1, 0.15) is 6.17 Å². The van der Waals surface area contributed by atoms with E-state index in [0.29, 0.717) is 29.2 Å². The van der Waals surface area contributed by atoms with Gasteiger partial charge in [0.15, 0.2) is 5.96 Å². The van der Waals surface area contributed by atoms with Gasteiger partial charge in [-0.1, -0.05) is 53.6 Å². The van der Waals surface area contributed by atoms with Crippen LogP contribution in [0.2, 0.25) is 5.02 Å². The summed E-state index contributed by atoms with van der Waals surface area (Å²) in [5.74, 6) is 1.04. The molecule has 0 radical (unpaired) electrons. The molecule has 0 bridgehead atoms. The van der Waals surface area contributed by atoms with Gasteiger partial charge < -0.3 is 5.32 Å². The molecular formula is C21H20ClN5O. The average molecular weight is 394 g/mol. The monoisotopic (exact) mass is 393 g/mol. The Kier molecular flexibility index (Phi) is 4.88. The molecular weight excluding hydrogens is 374 g/mol. The van der Waals surface area contributed by atoms with E-state index < -0.39 is 0 Å². The normalized spacial score (nSPS) is 17.0. The van der Waals surface area contributed by atoms with Crippen molar-refractivity contribution in [2.75, 3.05) is 5.32 Å². The van der Waals surface area contributed by atoms with Crippen molar-refractivity contribution in [3.8, 4) is 0 Å².